The lowest BCUT2D eigenvalue weighted by molar-refractivity contribution is -0.384. The van der Waals surface area contributed by atoms with E-state index in [1.54, 1.807) is 18.2 Å². The van der Waals surface area contributed by atoms with Gasteiger partial charge in [-0.3, -0.25) is 16.0 Å². The number of nitro groups is 1. The average Bonchev–Trinajstić information content (AvgIpc) is 2.46. The van der Waals surface area contributed by atoms with Gasteiger partial charge in [0, 0.05) is 22.2 Å². The summed E-state index contributed by atoms with van der Waals surface area (Å²) in [5, 5.41) is 11.2. The van der Waals surface area contributed by atoms with Crippen LogP contribution in [0.2, 0.25) is 5.02 Å². The molecule has 0 heterocycles. The van der Waals surface area contributed by atoms with Crippen molar-refractivity contribution >= 4 is 38.9 Å². The third kappa shape index (κ3) is 3.84. The van der Waals surface area contributed by atoms with Crippen molar-refractivity contribution < 1.29 is 9.66 Å². The summed E-state index contributed by atoms with van der Waals surface area (Å²) >= 11 is 9.35. The van der Waals surface area contributed by atoms with Crippen molar-refractivity contribution in [2.45, 2.75) is 6.61 Å². The van der Waals surface area contributed by atoms with E-state index in [4.69, 9.17) is 22.2 Å². The number of hydrazine groups is 1. The van der Waals surface area contributed by atoms with Crippen LogP contribution in [-0.4, -0.2) is 4.92 Å². The number of nitrogens with two attached hydrogens (primary N) is 1. The van der Waals surface area contributed by atoms with Crippen molar-refractivity contribution in [2.24, 2.45) is 5.84 Å². The van der Waals surface area contributed by atoms with E-state index >= 15 is 0 Å². The van der Waals surface area contributed by atoms with E-state index in [0.717, 1.165) is 4.47 Å². The highest BCUT2D eigenvalue weighted by Gasteiger charge is 2.11. The first kappa shape index (κ1) is 15.6. The van der Waals surface area contributed by atoms with Gasteiger partial charge >= 0.3 is 0 Å². The van der Waals surface area contributed by atoms with Crippen molar-refractivity contribution in [3.8, 4) is 5.75 Å². The second-order valence-electron chi connectivity index (χ2n) is 4.11. The highest BCUT2D eigenvalue weighted by atomic mass is 79.9. The second kappa shape index (κ2) is 6.75. The molecule has 2 rings (SSSR count). The largest absolute Gasteiger partial charge is 0.487 e. The predicted molar refractivity (Wildman–Crippen MR) is 84.4 cm³/mol. The summed E-state index contributed by atoms with van der Waals surface area (Å²) in [6.45, 7) is 0.0998. The van der Waals surface area contributed by atoms with Crippen molar-refractivity contribution in [2.75, 3.05) is 5.43 Å². The van der Waals surface area contributed by atoms with Crippen LogP contribution in [-0.2, 0) is 6.61 Å². The van der Waals surface area contributed by atoms with Gasteiger partial charge in [-0.2, -0.15) is 0 Å². The molecule has 21 heavy (non-hydrogen) atoms. The standard InChI is InChI=1S/C13H11BrClN3O3/c14-9-1-4-13(11(15)6-9)21-7-8-5-10(18(19)20)2-3-12(8)17-16/h1-6,17H,7,16H2. The van der Waals surface area contributed by atoms with E-state index < -0.39 is 4.92 Å². The zero-order chi connectivity index (χ0) is 15.4. The summed E-state index contributed by atoms with van der Waals surface area (Å²) in [5.74, 6) is 5.87. The number of nitro benzene ring substituents is 1. The number of hydrogen-bond donors (Lipinski definition) is 2. The smallest absolute Gasteiger partial charge is 0.269 e. The van der Waals surface area contributed by atoms with Crippen LogP contribution in [0, 0.1) is 10.1 Å². The van der Waals surface area contributed by atoms with Crippen LogP contribution in [0.15, 0.2) is 40.9 Å². The van der Waals surface area contributed by atoms with E-state index in [9.17, 15) is 10.1 Å². The molecular formula is C13H11BrClN3O3. The van der Waals surface area contributed by atoms with E-state index in [1.807, 2.05) is 0 Å². The molecular weight excluding hydrogens is 362 g/mol. The maximum Gasteiger partial charge on any atom is 0.269 e. The van der Waals surface area contributed by atoms with Crippen LogP contribution in [0.25, 0.3) is 0 Å². The minimum atomic E-state index is -0.476. The third-order valence-corrected chi connectivity index (χ3v) is 3.52. The number of nitrogen functional groups attached to an aromatic ring is 1. The molecule has 2 aromatic carbocycles. The first-order valence-electron chi connectivity index (χ1n) is 5.83. The molecule has 0 aliphatic rings. The number of rotatable bonds is 5. The van der Waals surface area contributed by atoms with E-state index in [0.29, 0.717) is 22.0 Å². The summed E-state index contributed by atoms with van der Waals surface area (Å²) in [6.07, 6.45) is 0. The Balaban J connectivity index is 2.22. The maximum atomic E-state index is 10.8. The molecule has 8 heteroatoms. The normalized spacial score (nSPS) is 10.2. The van der Waals surface area contributed by atoms with Crippen LogP contribution in [0.5, 0.6) is 5.75 Å². The fourth-order valence-electron chi connectivity index (χ4n) is 1.70. The van der Waals surface area contributed by atoms with E-state index in [-0.39, 0.29) is 12.3 Å². The number of halogens is 2. The van der Waals surface area contributed by atoms with Crippen LogP contribution in [0.3, 0.4) is 0 Å². The van der Waals surface area contributed by atoms with E-state index in [1.165, 1.54) is 18.2 Å². The molecule has 0 saturated heterocycles. The number of non-ortho nitro benzene ring substituents is 1. The molecule has 0 bridgehead atoms. The molecule has 0 unspecified atom stereocenters. The monoisotopic (exact) mass is 371 g/mol. The molecule has 0 saturated carbocycles. The summed E-state index contributed by atoms with van der Waals surface area (Å²) in [4.78, 5) is 10.3. The zero-order valence-electron chi connectivity index (χ0n) is 10.7. The summed E-state index contributed by atoms with van der Waals surface area (Å²) < 4.78 is 6.42. The summed E-state index contributed by atoms with van der Waals surface area (Å²) in [7, 11) is 0. The van der Waals surface area contributed by atoms with Gasteiger partial charge in [0.25, 0.3) is 5.69 Å². The van der Waals surface area contributed by atoms with Gasteiger partial charge in [0.1, 0.15) is 12.4 Å². The van der Waals surface area contributed by atoms with Gasteiger partial charge in [-0.15, -0.1) is 0 Å². The molecule has 0 fully saturated rings. The Morgan fingerprint density at radius 1 is 1.33 bits per heavy atom. The fourth-order valence-corrected chi connectivity index (χ4v) is 2.43. The van der Waals surface area contributed by atoms with E-state index in [2.05, 4.69) is 21.4 Å². The summed E-state index contributed by atoms with van der Waals surface area (Å²) in [6, 6.07) is 9.50. The molecule has 0 atom stereocenters. The van der Waals surface area contributed by atoms with Gasteiger partial charge in [-0.05, 0) is 24.3 Å². The number of nitrogens with zero attached hydrogens (tertiary/aromatic N) is 1. The minimum absolute atomic E-state index is 0.0329. The molecule has 0 aromatic heterocycles. The number of benzene rings is 2. The number of ether oxygens (including phenoxy) is 1. The van der Waals surface area contributed by atoms with Gasteiger partial charge in [0.2, 0.25) is 0 Å². The van der Waals surface area contributed by atoms with Gasteiger partial charge in [0.15, 0.2) is 0 Å². The number of nitrogens with one attached hydrogen (secondary N) is 1. The first-order valence-corrected chi connectivity index (χ1v) is 7.00. The lowest BCUT2D eigenvalue weighted by Crippen LogP contribution is -2.11. The molecule has 6 nitrogen and oxygen atoms in total. The van der Waals surface area contributed by atoms with Gasteiger partial charge in [-0.25, -0.2) is 0 Å². The molecule has 0 aliphatic heterocycles. The molecule has 0 spiro atoms. The predicted octanol–water partition coefficient (Wildman–Crippen LogP) is 3.88. The van der Waals surface area contributed by atoms with Gasteiger partial charge in [-0.1, -0.05) is 27.5 Å². The third-order valence-electron chi connectivity index (χ3n) is 2.73. The van der Waals surface area contributed by atoms with Crippen LogP contribution in [0.4, 0.5) is 11.4 Å². The SMILES string of the molecule is NNc1ccc([N+](=O)[O-])cc1COc1ccc(Br)cc1Cl. The zero-order valence-corrected chi connectivity index (χ0v) is 13.0. The fraction of sp³-hybridized carbons (Fsp3) is 0.0769. The van der Waals surface area contributed by atoms with Gasteiger partial charge < -0.3 is 10.2 Å². The van der Waals surface area contributed by atoms with Crippen molar-refractivity contribution in [3.05, 3.63) is 61.6 Å². The quantitative estimate of drug-likeness (QED) is 0.472. The highest BCUT2D eigenvalue weighted by molar-refractivity contribution is 9.10. The number of anilines is 1. The lowest BCUT2D eigenvalue weighted by Gasteiger charge is -2.11. The van der Waals surface area contributed by atoms with Gasteiger partial charge in [0.05, 0.1) is 15.6 Å². The summed E-state index contributed by atoms with van der Waals surface area (Å²) in [5.41, 5.74) is 3.56. The minimum Gasteiger partial charge on any atom is -0.487 e. The lowest BCUT2D eigenvalue weighted by atomic mass is 10.1. The highest BCUT2D eigenvalue weighted by Crippen LogP contribution is 2.29. The Morgan fingerprint density at radius 3 is 2.71 bits per heavy atom. The van der Waals surface area contributed by atoms with Crippen molar-refractivity contribution in [3.63, 3.8) is 0 Å². The Hall–Kier alpha value is -1.83. The van der Waals surface area contributed by atoms with Crippen LogP contribution >= 0.6 is 27.5 Å². The molecule has 3 N–H and O–H groups in total. The van der Waals surface area contributed by atoms with Crippen molar-refractivity contribution in [1.29, 1.82) is 0 Å². The van der Waals surface area contributed by atoms with Crippen LogP contribution < -0.4 is 16.0 Å². The molecule has 110 valence electrons. The average molecular weight is 373 g/mol. The van der Waals surface area contributed by atoms with Crippen LogP contribution in [0.1, 0.15) is 5.56 Å². The molecule has 0 amide bonds. The Morgan fingerprint density at radius 2 is 2.10 bits per heavy atom. The first-order chi connectivity index (χ1) is 10.0. The molecule has 0 aliphatic carbocycles. The van der Waals surface area contributed by atoms with Crippen molar-refractivity contribution in [1.82, 2.24) is 0 Å². The molecule has 2 aromatic rings. The molecule has 0 radical (unpaired) electrons. The maximum absolute atomic E-state index is 10.8. The Kier molecular flexibility index (Phi) is 5.00. The second-order valence-corrected chi connectivity index (χ2v) is 5.43. The Labute approximate surface area is 134 Å². The topological polar surface area (TPSA) is 90.4 Å². The Bertz CT molecular complexity index is 682. The number of hydrogen-bond acceptors (Lipinski definition) is 5.